The summed E-state index contributed by atoms with van der Waals surface area (Å²) in [5.74, 6) is 2.67. The molecule has 108 valence electrons. The maximum absolute atomic E-state index is 5.64. The Morgan fingerprint density at radius 2 is 1.70 bits per heavy atom. The van der Waals surface area contributed by atoms with E-state index in [9.17, 15) is 0 Å². The predicted octanol–water partition coefficient (Wildman–Crippen LogP) is 3.24. The minimum Gasteiger partial charge on any atom is -0.494 e. The molecule has 1 N–H and O–H groups in total. The molecule has 0 aliphatic carbocycles. The SMILES string of the molecule is CCCOc1ccc(OCCNCc2ccco2)cc1. The van der Waals surface area contributed by atoms with Crippen LogP contribution in [-0.2, 0) is 6.54 Å². The highest BCUT2D eigenvalue weighted by Gasteiger charge is 1.97. The van der Waals surface area contributed by atoms with Crippen LogP contribution in [0.15, 0.2) is 47.1 Å². The molecular weight excluding hydrogens is 254 g/mol. The zero-order chi connectivity index (χ0) is 14.0. The Hall–Kier alpha value is -1.94. The van der Waals surface area contributed by atoms with Crippen molar-refractivity contribution in [2.24, 2.45) is 0 Å². The van der Waals surface area contributed by atoms with Crippen molar-refractivity contribution in [3.8, 4) is 11.5 Å². The molecule has 0 aliphatic rings. The van der Waals surface area contributed by atoms with E-state index in [2.05, 4.69) is 12.2 Å². The molecule has 1 aromatic heterocycles. The van der Waals surface area contributed by atoms with E-state index in [0.717, 1.165) is 43.4 Å². The molecule has 0 saturated carbocycles. The first-order chi connectivity index (χ1) is 9.88. The largest absolute Gasteiger partial charge is 0.494 e. The maximum Gasteiger partial charge on any atom is 0.119 e. The molecule has 0 bridgehead atoms. The van der Waals surface area contributed by atoms with E-state index in [0.29, 0.717) is 6.61 Å². The van der Waals surface area contributed by atoms with Crippen LogP contribution >= 0.6 is 0 Å². The Morgan fingerprint density at radius 3 is 2.30 bits per heavy atom. The molecule has 2 aromatic rings. The molecule has 4 heteroatoms. The van der Waals surface area contributed by atoms with Crippen LogP contribution in [0.2, 0.25) is 0 Å². The van der Waals surface area contributed by atoms with Gasteiger partial charge in [-0.25, -0.2) is 0 Å². The van der Waals surface area contributed by atoms with E-state index in [-0.39, 0.29) is 0 Å². The van der Waals surface area contributed by atoms with Gasteiger partial charge in [0.1, 0.15) is 23.9 Å². The summed E-state index contributed by atoms with van der Waals surface area (Å²) < 4.78 is 16.4. The first kappa shape index (κ1) is 14.5. The number of ether oxygens (including phenoxy) is 2. The summed E-state index contributed by atoms with van der Waals surface area (Å²) in [6.07, 6.45) is 2.69. The van der Waals surface area contributed by atoms with E-state index in [4.69, 9.17) is 13.9 Å². The number of rotatable bonds is 9. The lowest BCUT2D eigenvalue weighted by atomic mass is 10.3. The van der Waals surface area contributed by atoms with Gasteiger partial charge >= 0.3 is 0 Å². The average molecular weight is 275 g/mol. The summed E-state index contributed by atoms with van der Waals surface area (Å²) >= 11 is 0. The molecule has 2 rings (SSSR count). The molecule has 1 heterocycles. The molecular formula is C16H21NO3. The first-order valence-corrected chi connectivity index (χ1v) is 6.97. The Kier molecular flexibility index (Phi) is 5.99. The summed E-state index contributed by atoms with van der Waals surface area (Å²) in [6.45, 7) is 4.95. The number of hydrogen-bond acceptors (Lipinski definition) is 4. The van der Waals surface area contributed by atoms with Crippen LogP contribution in [0.25, 0.3) is 0 Å². The molecule has 0 atom stereocenters. The quantitative estimate of drug-likeness (QED) is 0.713. The van der Waals surface area contributed by atoms with Crippen LogP contribution in [0.5, 0.6) is 11.5 Å². The van der Waals surface area contributed by atoms with E-state index < -0.39 is 0 Å². The molecule has 4 nitrogen and oxygen atoms in total. The predicted molar refractivity (Wildman–Crippen MR) is 78.1 cm³/mol. The number of benzene rings is 1. The fraction of sp³-hybridized carbons (Fsp3) is 0.375. The summed E-state index contributed by atoms with van der Waals surface area (Å²) in [5.41, 5.74) is 0. The van der Waals surface area contributed by atoms with E-state index in [1.807, 2.05) is 36.4 Å². The number of nitrogens with one attached hydrogen (secondary N) is 1. The molecule has 20 heavy (non-hydrogen) atoms. The zero-order valence-corrected chi connectivity index (χ0v) is 11.8. The summed E-state index contributed by atoms with van der Waals surface area (Å²) in [5, 5.41) is 3.25. The minimum absolute atomic E-state index is 0.621. The molecule has 0 saturated heterocycles. The van der Waals surface area contributed by atoms with Crippen LogP contribution < -0.4 is 14.8 Å². The Balaban J connectivity index is 1.61. The van der Waals surface area contributed by atoms with Gasteiger partial charge in [-0.3, -0.25) is 0 Å². The maximum atomic E-state index is 5.64. The van der Waals surface area contributed by atoms with Gasteiger partial charge in [-0.2, -0.15) is 0 Å². The van der Waals surface area contributed by atoms with Crippen molar-refractivity contribution in [2.45, 2.75) is 19.9 Å². The van der Waals surface area contributed by atoms with Crippen molar-refractivity contribution in [3.63, 3.8) is 0 Å². The fourth-order valence-corrected chi connectivity index (χ4v) is 1.72. The Morgan fingerprint density at radius 1 is 1.00 bits per heavy atom. The highest BCUT2D eigenvalue weighted by molar-refractivity contribution is 5.31. The molecule has 0 unspecified atom stereocenters. The molecule has 0 aliphatic heterocycles. The van der Waals surface area contributed by atoms with Crippen molar-refractivity contribution in [2.75, 3.05) is 19.8 Å². The van der Waals surface area contributed by atoms with Crippen LogP contribution in [-0.4, -0.2) is 19.8 Å². The normalized spacial score (nSPS) is 10.4. The summed E-state index contributed by atoms with van der Waals surface area (Å²) in [7, 11) is 0. The van der Waals surface area contributed by atoms with Crippen molar-refractivity contribution in [3.05, 3.63) is 48.4 Å². The highest BCUT2D eigenvalue weighted by Crippen LogP contribution is 2.17. The third-order valence-electron chi connectivity index (χ3n) is 2.72. The fourth-order valence-electron chi connectivity index (χ4n) is 1.72. The average Bonchev–Trinajstić information content (AvgIpc) is 2.99. The van der Waals surface area contributed by atoms with Crippen molar-refractivity contribution < 1.29 is 13.9 Å². The second kappa shape index (κ2) is 8.27. The monoisotopic (exact) mass is 275 g/mol. The van der Waals surface area contributed by atoms with Crippen molar-refractivity contribution in [1.29, 1.82) is 0 Å². The van der Waals surface area contributed by atoms with E-state index in [1.54, 1.807) is 6.26 Å². The van der Waals surface area contributed by atoms with Gasteiger partial charge < -0.3 is 19.2 Å². The van der Waals surface area contributed by atoms with Gasteiger partial charge in [0, 0.05) is 6.54 Å². The lowest BCUT2D eigenvalue weighted by Gasteiger charge is -2.08. The zero-order valence-electron chi connectivity index (χ0n) is 11.8. The van der Waals surface area contributed by atoms with Gasteiger partial charge in [-0.1, -0.05) is 6.92 Å². The third-order valence-corrected chi connectivity index (χ3v) is 2.72. The van der Waals surface area contributed by atoms with Gasteiger partial charge in [0.05, 0.1) is 19.4 Å². The van der Waals surface area contributed by atoms with E-state index in [1.165, 1.54) is 0 Å². The minimum atomic E-state index is 0.621. The molecule has 1 aromatic carbocycles. The summed E-state index contributed by atoms with van der Waals surface area (Å²) in [4.78, 5) is 0. The lowest BCUT2D eigenvalue weighted by molar-refractivity contribution is 0.305. The standard InChI is InChI=1S/C16H21NO3/c1-2-10-18-14-5-7-15(8-6-14)20-12-9-17-13-16-4-3-11-19-16/h3-8,11,17H,2,9-10,12-13H2,1H3. The molecule has 0 radical (unpaired) electrons. The number of furan rings is 1. The smallest absolute Gasteiger partial charge is 0.119 e. The molecule has 0 spiro atoms. The van der Waals surface area contributed by atoms with Gasteiger partial charge in [-0.05, 0) is 42.8 Å². The van der Waals surface area contributed by atoms with Crippen LogP contribution in [0.1, 0.15) is 19.1 Å². The van der Waals surface area contributed by atoms with Gasteiger partial charge in [0.15, 0.2) is 0 Å². The summed E-state index contributed by atoms with van der Waals surface area (Å²) in [6, 6.07) is 11.6. The highest BCUT2D eigenvalue weighted by atomic mass is 16.5. The van der Waals surface area contributed by atoms with Crippen molar-refractivity contribution in [1.82, 2.24) is 5.32 Å². The second-order valence-corrected chi connectivity index (χ2v) is 4.42. The first-order valence-electron chi connectivity index (χ1n) is 6.97. The van der Waals surface area contributed by atoms with Crippen molar-refractivity contribution >= 4 is 0 Å². The van der Waals surface area contributed by atoms with Crippen LogP contribution in [0.4, 0.5) is 0 Å². The Bertz CT molecular complexity index is 465. The van der Waals surface area contributed by atoms with Gasteiger partial charge in [0.2, 0.25) is 0 Å². The van der Waals surface area contributed by atoms with Gasteiger partial charge in [0.25, 0.3) is 0 Å². The van der Waals surface area contributed by atoms with Crippen LogP contribution in [0.3, 0.4) is 0 Å². The Labute approximate surface area is 119 Å². The van der Waals surface area contributed by atoms with Gasteiger partial charge in [-0.15, -0.1) is 0 Å². The second-order valence-electron chi connectivity index (χ2n) is 4.42. The molecule has 0 fully saturated rings. The van der Waals surface area contributed by atoms with Crippen LogP contribution in [0, 0.1) is 0 Å². The molecule has 0 amide bonds. The lowest BCUT2D eigenvalue weighted by Crippen LogP contribution is -2.20. The topological polar surface area (TPSA) is 43.6 Å². The van der Waals surface area contributed by atoms with E-state index >= 15 is 0 Å². The third kappa shape index (κ3) is 4.97. The number of hydrogen-bond donors (Lipinski definition) is 1.